The maximum absolute atomic E-state index is 12.6. The van der Waals surface area contributed by atoms with Gasteiger partial charge in [0.15, 0.2) is 5.58 Å². The lowest BCUT2D eigenvalue weighted by atomic mass is 10.2. The van der Waals surface area contributed by atoms with E-state index in [0.717, 1.165) is 19.4 Å². The van der Waals surface area contributed by atoms with Crippen LogP contribution in [0.3, 0.4) is 0 Å². The van der Waals surface area contributed by atoms with E-state index in [2.05, 4.69) is 48.8 Å². The summed E-state index contributed by atoms with van der Waals surface area (Å²) in [7, 11) is 1.62. The van der Waals surface area contributed by atoms with Crippen LogP contribution in [-0.2, 0) is 0 Å². The zero-order chi connectivity index (χ0) is 19.7. The van der Waals surface area contributed by atoms with Crippen LogP contribution in [0.25, 0.3) is 22.6 Å². The molecular weight excluding hydrogens is 535 g/mol. The first-order chi connectivity index (χ1) is 13.5. The third-order valence-electron chi connectivity index (χ3n) is 4.14. The Morgan fingerprint density at radius 3 is 2.82 bits per heavy atom. The van der Waals surface area contributed by atoms with Gasteiger partial charge in [0.1, 0.15) is 11.3 Å². The zero-order valence-electron chi connectivity index (χ0n) is 14.7. The molecule has 4 aromatic rings. The molecule has 0 saturated heterocycles. The number of nitrogens with zero attached hydrogens (tertiary/aromatic N) is 1. The Morgan fingerprint density at radius 1 is 1.14 bits per heavy atom. The second-order valence-corrected chi connectivity index (χ2v) is 8.09. The average Bonchev–Trinajstić information content (AvgIpc) is 3.13. The number of methoxy groups -OCH3 is 1. The first kappa shape index (κ1) is 18.9. The van der Waals surface area contributed by atoms with Crippen LogP contribution in [0.1, 0.15) is 10.4 Å². The lowest BCUT2D eigenvalue weighted by Gasteiger charge is -2.07. The number of nitrogens with one attached hydrogen (secondary N) is 1. The molecule has 0 aliphatic heterocycles. The van der Waals surface area contributed by atoms with Crippen LogP contribution >= 0.6 is 38.5 Å². The SMILES string of the molecule is COc1cccc(-c2nc3cc(NC(=O)c4cc(Br)ccc4I)ccc3o2)c1. The number of aromatic nitrogens is 1. The van der Waals surface area contributed by atoms with Crippen LogP contribution in [0.2, 0.25) is 0 Å². The number of hydrogen-bond donors (Lipinski definition) is 1. The lowest BCUT2D eigenvalue weighted by molar-refractivity contribution is 0.102. The number of anilines is 1. The van der Waals surface area contributed by atoms with E-state index in [1.54, 1.807) is 31.4 Å². The van der Waals surface area contributed by atoms with Crippen molar-refractivity contribution in [3.63, 3.8) is 0 Å². The van der Waals surface area contributed by atoms with Gasteiger partial charge in [-0.05, 0) is 77.2 Å². The summed E-state index contributed by atoms with van der Waals surface area (Å²) >= 11 is 5.55. The molecule has 0 spiro atoms. The van der Waals surface area contributed by atoms with Crippen LogP contribution in [0.5, 0.6) is 5.75 Å². The first-order valence-electron chi connectivity index (χ1n) is 8.35. The molecule has 0 aliphatic carbocycles. The van der Waals surface area contributed by atoms with Crippen LogP contribution in [0.15, 0.2) is 69.6 Å². The summed E-state index contributed by atoms with van der Waals surface area (Å²) < 4.78 is 12.8. The van der Waals surface area contributed by atoms with Gasteiger partial charge in [0.05, 0.1) is 12.7 Å². The van der Waals surface area contributed by atoms with E-state index in [1.807, 2.05) is 36.4 Å². The van der Waals surface area contributed by atoms with E-state index < -0.39 is 0 Å². The Bertz CT molecular complexity index is 1190. The molecular formula is C21H14BrIN2O3. The van der Waals surface area contributed by atoms with Crippen molar-refractivity contribution in [3.8, 4) is 17.2 Å². The number of halogens is 2. The fourth-order valence-electron chi connectivity index (χ4n) is 2.75. The van der Waals surface area contributed by atoms with Gasteiger partial charge in [-0.1, -0.05) is 22.0 Å². The number of oxazole rings is 1. The number of rotatable bonds is 4. The largest absolute Gasteiger partial charge is 0.497 e. The van der Waals surface area contributed by atoms with Crippen molar-refractivity contribution < 1.29 is 13.9 Å². The Morgan fingerprint density at radius 2 is 2.00 bits per heavy atom. The molecule has 1 amide bonds. The topological polar surface area (TPSA) is 64.4 Å². The highest BCUT2D eigenvalue weighted by molar-refractivity contribution is 14.1. The molecule has 3 aromatic carbocycles. The summed E-state index contributed by atoms with van der Waals surface area (Å²) in [6, 6.07) is 18.5. The van der Waals surface area contributed by atoms with Gasteiger partial charge >= 0.3 is 0 Å². The molecule has 0 fully saturated rings. The van der Waals surface area contributed by atoms with E-state index in [0.29, 0.717) is 28.2 Å². The van der Waals surface area contributed by atoms with Gasteiger partial charge in [-0.2, -0.15) is 0 Å². The second kappa shape index (κ2) is 7.92. The summed E-state index contributed by atoms with van der Waals surface area (Å²) in [5.74, 6) is 1.05. The second-order valence-electron chi connectivity index (χ2n) is 6.01. The van der Waals surface area contributed by atoms with Crippen LogP contribution < -0.4 is 10.1 Å². The Balaban J connectivity index is 1.63. The van der Waals surface area contributed by atoms with Crippen molar-refractivity contribution in [1.29, 1.82) is 0 Å². The molecule has 5 nitrogen and oxygen atoms in total. The van der Waals surface area contributed by atoms with E-state index in [1.165, 1.54) is 0 Å². The summed E-state index contributed by atoms with van der Waals surface area (Å²) in [5, 5.41) is 2.92. The standard InChI is InChI=1S/C21H14BrIN2O3/c1-27-15-4-2-3-12(9-15)21-25-18-11-14(6-8-19(18)28-21)24-20(26)16-10-13(22)5-7-17(16)23/h2-11H,1H3,(H,24,26). The van der Waals surface area contributed by atoms with Gasteiger partial charge < -0.3 is 14.5 Å². The van der Waals surface area contributed by atoms with Gasteiger partial charge in [0, 0.05) is 19.3 Å². The molecule has 140 valence electrons. The van der Waals surface area contributed by atoms with Gasteiger partial charge in [-0.15, -0.1) is 0 Å². The molecule has 0 aliphatic rings. The number of ether oxygens (including phenoxy) is 1. The smallest absolute Gasteiger partial charge is 0.256 e. The summed E-state index contributed by atoms with van der Waals surface area (Å²) in [6.07, 6.45) is 0. The van der Waals surface area contributed by atoms with Gasteiger partial charge in [-0.3, -0.25) is 4.79 Å². The Hall–Kier alpha value is -2.39. The van der Waals surface area contributed by atoms with Crippen molar-refractivity contribution >= 4 is 61.2 Å². The lowest BCUT2D eigenvalue weighted by Crippen LogP contribution is -2.13. The van der Waals surface area contributed by atoms with Crippen LogP contribution in [0.4, 0.5) is 5.69 Å². The van der Waals surface area contributed by atoms with E-state index in [9.17, 15) is 4.79 Å². The Labute approximate surface area is 183 Å². The van der Waals surface area contributed by atoms with Crippen molar-refractivity contribution in [2.24, 2.45) is 0 Å². The van der Waals surface area contributed by atoms with Crippen LogP contribution in [-0.4, -0.2) is 18.0 Å². The number of amides is 1. The Kier molecular flexibility index (Phi) is 5.36. The number of carbonyl (C=O) groups excluding carboxylic acids is 1. The minimum atomic E-state index is -0.179. The predicted molar refractivity (Wildman–Crippen MR) is 121 cm³/mol. The molecule has 0 radical (unpaired) electrons. The number of fused-ring (bicyclic) bond motifs is 1. The van der Waals surface area contributed by atoms with Crippen molar-refractivity contribution in [3.05, 3.63) is 74.3 Å². The highest BCUT2D eigenvalue weighted by atomic mass is 127. The maximum atomic E-state index is 12.6. The van der Waals surface area contributed by atoms with Crippen molar-refractivity contribution in [1.82, 2.24) is 4.98 Å². The monoisotopic (exact) mass is 548 g/mol. The highest BCUT2D eigenvalue weighted by Crippen LogP contribution is 2.28. The quantitative estimate of drug-likeness (QED) is 0.312. The third-order valence-corrected chi connectivity index (χ3v) is 5.57. The van der Waals surface area contributed by atoms with Gasteiger partial charge in [0.25, 0.3) is 5.91 Å². The van der Waals surface area contributed by atoms with E-state index >= 15 is 0 Å². The molecule has 0 unspecified atom stereocenters. The molecule has 1 N–H and O–H groups in total. The maximum Gasteiger partial charge on any atom is 0.256 e. The molecule has 4 rings (SSSR count). The minimum Gasteiger partial charge on any atom is -0.497 e. The van der Waals surface area contributed by atoms with Gasteiger partial charge in [-0.25, -0.2) is 4.98 Å². The van der Waals surface area contributed by atoms with Crippen LogP contribution in [0, 0.1) is 3.57 Å². The number of hydrogen-bond acceptors (Lipinski definition) is 4. The van der Waals surface area contributed by atoms with E-state index in [4.69, 9.17) is 9.15 Å². The first-order valence-corrected chi connectivity index (χ1v) is 10.2. The highest BCUT2D eigenvalue weighted by Gasteiger charge is 2.13. The van der Waals surface area contributed by atoms with Crippen molar-refractivity contribution in [2.45, 2.75) is 0 Å². The fourth-order valence-corrected chi connectivity index (χ4v) is 3.70. The zero-order valence-corrected chi connectivity index (χ0v) is 18.4. The molecule has 0 atom stereocenters. The molecule has 28 heavy (non-hydrogen) atoms. The normalized spacial score (nSPS) is 10.8. The fraction of sp³-hybridized carbons (Fsp3) is 0.0476. The molecule has 1 aromatic heterocycles. The summed E-state index contributed by atoms with van der Waals surface area (Å²) in [6.45, 7) is 0. The van der Waals surface area contributed by atoms with Crippen molar-refractivity contribution in [2.75, 3.05) is 12.4 Å². The minimum absolute atomic E-state index is 0.179. The summed E-state index contributed by atoms with van der Waals surface area (Å²) in [4.78, 5) is 17.2. The van der Waals surface area contributed by atoms with E-state index in [-0.39, 0.29) is 5.91 Å². The number of benzene rings is 3. The molecule has 1 heterocycles. The predicted octanol–water partition coefficient (Wildman–Crippen LogP) is 6.12. The average molecular weight is 549 g/mol. The summed E-state index contributed by atoms with van der Waals surface area (Å²) in [5.41, 5.74) is 3.39. The molecule has 0 saturated carbocycles. The van der Waals surface area contributed by atoms with Gasteiger partial charge in [0.2, 0.25) is 5.89 Å². The molecule has 7 heteroatoms. The third kappa shape index (κ3) is 3.90. The number of carbonyl (C=O) groups is 1. The molecule has 0 bridgehead atoms.